The second kappa shape index (κ2) is 13.1. The van der Waals surface area contributed by atoms with Crippen molar-refractivity contribution in [2.75, 3.05) is 32.8 Å². The molecule has 4 heterocycles. The number of aryl methyl sites for hydroxylation is 1. The van der Waals surface area contributed by atoms with E-state index in [4.69, 9.17) is 4.74 Å². The number of piperidine rings is 1. The van der Waals surface area contributed by atoms with Gasteiger partial charge in [-0.15, -0.1) is 0 Å². The quantitative estimate of drug-likeness (QED) is 0.471. The predicted octanol–water partition coefficient (Wildman–Crippen LogP) is 3.07. The van der Waals surface area contributed by atoms with Crippen molar-refractivity contribution in [1.82, 2.24) is 19.4 Å². The van der Waals surface area contributed by atoms with Gasteiger partial charge in [0.15, 0.2) is 0 Å². The summed E-state index contributed by atoms with van der Waals surface area (Å²) >= 11 is 0. The van der Waals surface area contributed by atoms with E-state index in [-0.39, 0.29) is 31.3 Å². The topological polar surface area (TPSA) is 108 Å². The van der Waals surface area contributed by atoms with Gasteiger partial charge in [-0.2, -0.15) is 0 Å². The van der Waals surface area contributed by atoms with Gasteiger partial charge >= 0.3 is 5.97 Å². The Morgan fingerprint density at radius 2 is 1.78 bits per heavy atom. The van der Waals surface area contributed by atoms with Gasteiger partial charge in [0.2, 0.25) is 5.91 Å². The van der Waals surface area contributed by atoms with E-state index in [0.29, 0.717) is 32.4 Å². The molecule has 2 aromatic heterocycles. The molecular formula is C32H42N4O5. The van der Waals surface area contributed by atoms with E-state index in [1.807, 2.05) is 60.3 Å². The number of benzene rings is 1. The second-order valence-corrected chi connectivity index (χ2v) is 11.7. The van der Waals surface area contributed by atoms with Crippen molar-refractivity contribution in [3.05, 3.63) is 66.1 Å². The molecular weight excluding hydrogens is 520 g/mol. The number of carbonyl (C=O) groups is 2. The lowest BCUT2D eigenvalue weighted by Crippen LogP contribution is -2.46. The number of aliphatic hydroxyl groups is 2. The van der Waals surface area contributed by atoms with Crippen molar-refractivity contribution in [2.24, 2.45) is 12.5 Å². The molecule has 220 valence electrons. The first-order valence-corrected chi connectivity index (χ1v) is 14.8. The number of likely N-dealkylation sites (tertiary alicyclic amines) is 1. The summed E-state index contributed by atoms with van der Waals surface area (Å²) in [6.45, 7) is 2.89. The molecule has 9 heteroatoms. The lowest BCUT2D eigenvalue weighted by molar-refractivity contribution is -0.165. The Morgan fingerprint density at radius 3 is 2.56 bits per heavy atom. The molecule has 5 rings (SSSR count). The number of aromatic nitrogens is 2. The first-order chi connectivity index (χ1) is 19.8. The minimum absolute atomic E-state index is 0.00258. The fraction of sp³-hybridized carbons (Fsp3) is 0.531. The zero-order valence-electron chi connectivity index (χ0n) is 24.0. The molecule has 1 amide bonds. The monoisotopic (exact) mass is 562 g/mol. The first kappa shape index (κ1) is 29.2. The van der Waals surface area contributed by atoms with Crippen LogP contribution in [0.3, 0.4) is 0 Å². The van der Waals surface area contributed by atoms with Gasteiger partial charge in [-0.25, -0.2) is 0 Å². The maximum atomic E-state index is 13.5. The van der Waals surface area contributed by atoms with Crippen molar-refractivity contribution < 1.29 is 24.5 Å². The van der Waals surface area contributed by atoms with Crippen LogP contribution >= 0.6 is 0 Å². The van der Waals surface area contributed by atoms with Gasteiger partial charge in [0.25, 0.3) is 0 Å². The third-order valence-corrected chi connectivity index (χ3v) is 8.89. The van der Waals surface area contributed by atoms with E-state index in [9.17, 15) is 19.8 Å². The van der Waals surface area contributed by atoms with Crippen molar-refractivity contribution in [3.63, 3.8) is 0 Å². The van der Waals surface area contributed by atoms with Crippen LogP contribution in [0.15, 0.2) is 54.9 Å². The van der Waals surface area contributed by atoms with Crippen molar-refractivity contribution in [2.45, 2.75) is 63.7 Å². The minimum Gasteiger partial charge on any atom is -0.462 e. The van der Waals surface area contributed by atoms with Gasteiger partial charge in [-0.1, -0.05) is 30.7 Å². The maximum absolute atomic E-state index is 13.5. The van der Waals surface area contributed by atoms with Crippen LogP contribution < -0.4 is 0 Å². The number of pyridine rings is 1. The molecule has 1 spiro atoms. The fourth-order valence-corrected chi connectivity index (χ4v) is 6.29. The number of hydrogen-bond donors (Lipinski definition) is 2. The Hall–Kier alpha value is -3.27. The molecule has 2 saturated heterocycles. The summed E-state index contributed by atoms with van der Waals surface area (Å²) in [7, 11) is 1.98. The Morgan fingerprint density at radius 1 is 1.00 bits per heavy atom. The van der Waals surface area contributed by atoms with Crippen LogP contribution in [0.2, 0.25) is 0 Å². The summed E-state index contributed by atoms with van der Waals surface area (Å²) in [6, 6.07) is 14.0. The fourth-order valence-electron chi connectivity index (χ4n) is 6.29. The van der Waals surface area contributed by atoms with Crippen LogP contribution in [0.25, 0.3) is 10.9 Å². The minimum atomic E-state index is -1.20. The largest absolute Gasteiger partial charge is 0.462 e. The predicted molar refractivity (Wildman–Crippen MR) is 156 cm³/mol. The number of esters is 1. The average Bonchev–Trinajstić information content (AvgIpc) is 3.31. The number of cyclic esters (lactones) is 1. The molecule has 0 saturated carbocycles. The van der Waals surface area contributed by atoms with Crippen LogP contribution in [0.4, 0.5) is 0 Å². The Balaban J connectivity index is 1.25. The highest BCUT2D eigenvalue weighted by atomic mass is 16.5. The summed E-state index contributed by atoms with van der Waals surface area (Å²) in [5.74, 6) is -0.285. The van der Waals surface area contributed by atoms with E-state index in [2.05, 4.69) is 9.88 Å². The lowest BCUT2D eigenvalue weighted by Gasteiger charge is -2.40. The lowest BCUT2D eigenvalue weighted by atomic mass is 9.74. The third-order valence-electron chi connectivity index (χ3n) is 8.89. The second-order valence-electron chi connectivity index (χ2n) is 11.7. The number of amides is 1. The van der Waals surface area contributed by atoms with Gasteiger partial charge in [0.05, 0.1) is 23.6 Å². The van der Waals surface area contributed by atoms with Crippen LogP contribution in [0.5, 0.6) is 0 Å². The van der Waals surface area contributed by atoms with Crippen molar-refractivity contribution in [1.29, 1.82) is 0 Å². The Labute approximate surface area is 241 Å². The van der Waals surface area contributed by atoms with Crippen LogP contribution in [-0.4, -0.2) is 86.4 Å². The number of nitrogens with zero attached hydrogens (tertiary/aromatic N) is 4. The smallest absolute Gasteiger partial charge is 0.312 e. The molecule has 2 aliphatic heterocycles. The number of aliphatic hydroxyl groups excluding tert-OH is 2. The van der Waals surface area contributed by atoms with Crippen LogP contribution in [0.1, 0.15) is 49.8 Å². The standard InChI is InChI=1S/C32H42N4O5/c1-34-21-24(26-9-2-3-10-27(26)34)20-30(39)36-16-7-5-12-32(31(40)41-23-29(38)28(37)11-17-36)13-18-35(19-14-32)22-25-8-4-6-15-33-25/h2-4,6,8-10,15,21,28-29,37-38H,5,7,11-14,16-20,22-23H2,1H3/t28-,29+/m0/s1. The number of rotatable bonds is 4. The van der Waals surface area contributed by atoms with Gasteiger partial charge in [0, 0.05) is 50.0 Å². The van der Waals surface area contributed by atoms with Crippen molar-refractivity contribution in [3.8, 4) is 0 Å². The van der Waals surface area contributed by atoms with Gasteiger partial charge in [-0.3, -0.25) is 19.5 Å². The number of carbonyl (C=O) groups excluding carboxylic acids is 2. The Bertz CT molecular complexity index is 1320. The number of hydrogen-bond acceptors (Lipinski definition) is 7. The van der Waals surface area contributed by atoms with E-state index >= 15 is 0 Å². The summed E-state index contributed by atoms with van der Waals surface area (Å²) in [5, 5.41) is 22.3. The Kier molecular flexibility index (Phi) is 9.37. The van der Waals surface area contributed by atoms with E-state index in [1.54, 1.807) is 11.1 Å². The third kappa shape index (κ3) is 6.97. The average molecular weight is 563 g/mol. The molecule has 9 nitrogen and oxygen atoms in total. The highest BCUT2D eigenvalue weighted by Gasteiger charge is 2.42. The highest BCUT2D eigenvalue weighted by Crippen LogP contribution is 2.38. The zero-order valence-corrected chi connectivity index (χ0v) is 24.0. The normalized spacial score (nSPS) is 23.0. The molecule has 2 N–H and O–H groups in total. The number of para-hydroxylation sites is 1. The summed E-state index contributed by atoms with van der Waals surface area (Å²) < 4.78 is 7.66. The van der Waals surface area contributed by atoms with E-state index in [1.165, 1.54) is 0 Å². The van der Waals surface area contributed by atoms with E-state index < -0.39 is 17.6 Å². The molecule has 1 aromatic carbocycles. The maximum Gasteiger partial charge on any atom is 0.312 e. The van der Waals surface area contributed by atoms with Crippen LogP contribution in [0, 0.1) is 5.41 Å². The summed E-state index contributed by atoms with van der Waals surface area (Å²) in [5.41, 5.74) is 2.44. The molecule has 0 bridgehead atoms. The SMILES string of the molecule is Cn1cc(CC(=O)N2CCCCC3(CCN(Cc4ccccn4)CC3)C(=O)OC[C@@H](O)[C@@H](O)CC2)c2ccccc21. The van der Waals surface area contributed by atoms with Gasteiger partial charge in [0.1, 0.15) is 12.7 Å². The van der Waals surface area contributed by atoms with Crippen molar-refractivity contribution >= 4 is 22.8 Å². The molecule has 3 aromatic rings. The zero-order chi connectivity index (χ0) is 28.8. The summed E-state index contributed by atoms with van der Waals surface area (Å²) in [4.78, 5) is 35.4. The number of ether oxygens (including phenoxy) is 1. The van der Waals surface area contributed by atoms with Crippen LogP contribution in [-0.2, 0) is 34.3 Å². The molecule has 2 aliphatic rings. The molecule has 0 radical (unpaired) electrons. The first-order valence-electron chi connectivity index (χ1n) is 14.8. The molecule has 2 atom stereocenters. The van der Waals surface area contributed by atoms with Gasteiger partial charge < -0.3 is 24.4 Å². The van der Waals surface area contributed by atoms with Gasteiger partial charge in [-0.05, 0) is 69.0 Å². The molecule has 2 fully saturated rings. The summed E-state index contributed by atoms with van der Waals surface area (Å²) in [6.07, 6.45) is 5.56. The van der Waals surface area contributed by atoms with E-state index in [0.717, 1.165) is 54.6 Å². The molecule has 41 heavy (non-hydrogen) atoms. The molecule has 0 unspecified atom stereocenters. The number of fused-ring (bicyclic) bond motifs is 1. The molecule has 0 aliphatic carbocycles. The highest BCUT2D eigenvalue weighted by molar-refractivity contribution is 5.89.